The zero-order valence-corrected chi connectivity index (χ0v) is 19.2. The van der Waals surface area contributed by atoms with E-state index < -0.39 is 29.2 Å². The van der Waals surface area contributed by atoms with Gasteiger partial charge in [0, 0.05) is 17.4 Å². The molecule has 2 unspecified atom stereocenters. The van der Waals surface area contributed by atoms with Gasteiger partial charge in [0.25, 0.3) is 0 Å². The first kappa shape index (κ1) is 22.7. The van der Waals surface area contributed by atoms with E-state index in [0.717, 1.165) is 32.1 Å². The van der Waals surface area contributed by atoms with Gasteiger partial charge in [0.05, 0.1) is 0 Å². The van der Waals surface area contributed by atoms with Crippen LogP contribution < -0.4 is 5.32 Å². The first-order valence-electron chi connectivity index (χ1n) is 12.2. The third-order valence-corrected chi connectivity index (χ3v) is 9.77. The Morgan fingerprint density at radius 2 is 1.76 bits per heavy atom. The highest BCUT2D eigenvalue weighted by Crippen LogP contribution is 2.65. The molecular formula is C27H32F3NO2. The second-order valence-corrected chi connectivity index (χ2v) is 11.2. The van der Waals surface area contributed by atoms with Gasteiger partial charge in [0.1, 0.15) is 5.92 Å². The Morgan fingerprint density at radius 3 is 2.45 bits per heavy atom. The molecule has 0 spiro atoms. The summed E-state index contributed by atoms with van der Waals surface area (Å²) in [5.41, 5.74) is -0.480. The van der Waals surface area contributed by atoms with Crippen molar-refractivity contribution in [3.8, 4) is 0 Å². The van der Waals surface area contributed by atoms with Gasteiger partial charge < -0.3 is 5.32 Å². The van der Waals surface area contributed by atoms with Crippen LogP contribution in [0, 0.1) is 34.5 Å². The van der Waals surface area contributed by atoms with Crippen molar-refractivity contribution in [1.29, 1.82) is 0 Å². The summed E-state index contributed by atoms with van der Waals surface area (Å²) in [6.07, 6.45) is 3.95. The number of hydrogen-bond acceptors (Lipinski definition) is 2. The monoisotopic (exact) mass is 459 g/mol. The van der Waals surface area contributed by atoms with Crippen molar-refractivity contribution >= 4 is 11.7 Å². The van der Waals surface area contributed by atoms with Gasteiger partial charge >= 0.3 is 6.18 Å². The number of ketones is 1. The molecule has 3 aliphatic carbocycles. The molecule has 178 valence electrons. The topological polar surface area (TPSA) is 46.2 Å². The summed E-state index contributed by atoms with van der Waals surface area (Å²) >= 11 is 0. The molecule has 3 nitrogen and oxygen atoms in total. The first-order chi connectivity index (χ1) is 15.6. The van der Waals surface area contributed by atoms with Gasteiger partial charge in [-0.1, -0.05) is 50.3 Å². The minimum absolute atomic E-state index is 0.0396. The molecule has 1 aliphatic heterocycles. The Balaban J connectivity index is 1.44. The molecule has 3 saturated carbocycles. The number of alkyl halides is 3. The lowest BCUT2D eigenvalue weighted by Gasteiger charge is -2.58. The van der Waals surface area contributed by atoms with Crippen molar-refractivity contribution in [2.75, 3.05) is 0 Å². The highest BCUT2D eigenvalue weighted by molar-refractivity contribution is 5.90. The van der Waals surface area contributed by atoms with Gasteiger partial charge in [0.2, 0.25) is 5.91 Å². The van der Waals surface area contributed by atoms with Crippen LogP contribution in [0.4, 0.5) is 13.2 Å². The molecule has 1 aromatic carbocycles. The fraction of sp³-hybridized carbons (Fsp3) is 0.630. The molecular weight excluding hydrogens is 427 g/mol. The zero-order valence-electron chi connectivity index (χ0n) is 19.2. The third-order valence-electron chi connectivity index (χ3n) is 9.77. The Bertz CT molecular complexity index is 973. The molecule has 4 aliphatic rings. The number of amides is 1. The normalized spacial score (nSPS) is 40.9. The summed E-state index contributed by atoms with van der Waals surface area (Å²) in [6.45, 7) is 4.30. The van der Waals surface area contributed by atoms with E-state index in [1.54, 1.807) is 24.3 Å². The summed E-state index contributed by atoms with van der Waals surface area (Å²) in [6, 6.07) is 7.78. The average Bonchev–Trinajstić information content (AvgIpc) is 3.11. The SMILES string of the molecule is C[C@]12CC[C@H]3[C@@H](CCC4NC(=O)C=C[C@@]43C)[C@@H]1CC[C@@H]2C(=O)C(c1ccccc1)C(F)(F)F. The summed E-state index contributed by atoms with van der Waals surface area (Å²) in [5, 5.41) is 3.13. The first-order valence-corrected chi connectivity index (χ1v) is 12.2. The quantitative estimate of drug-likeness (QED) is 0.620. The molecule has 1 heterocycles. The van der Waals surface area contributed by atoms with Crippen LogP contribution in [0.1, 0.15) is 63.9 Å². The maximum Gasteiger partial charge on any atom is 0.402 e. The molecule has 33 heavy (non-hydrogen) atoms. The van der Waals surface area contributed by atoms with Gasteiger partial charge in [-0.2, -0.15) is 13.2 Å². The van der Waals surface area contributed by atoms with E-state index in [4.69, 9.17) is 0 Å². The maximum atomic E-state index is 14.1. The maximum absolute atomic E-state index is 14.1. The van der Waals surface area contributed by atoms with E-state index in [1.807, 2.05) is 0 Å². The van der Waals surface area contributed by atoms with Crippen LogP contribution in [0.2, 0.25) is 0 Å². The van der Waals surface area contributed by atoms with Crippen LogP contribution in [0.5, 0.6) is 0 Å². The van der Waals surface area contributed by atoms with Crippen molar-refractivity contribution < 1.29 is 22.8 Å². The minimum atomic E-state index is -4.60. The van der Waals surface area contributed by atoms with E-state index in [0.29, 0.717) is 18.3 Å². The Kier molecular flexibility index (Phi) is 5.30. The van der Waals surface area contributed by atoms with Gasteiger partial charge in [-0.3, -0.25) is 9.59 Å². The van der Waals surface area contributed by atoms with Crippen LogP contribution in [0.25, 0.3) is 0 Å². The predicted molar refractivity (Wildman–Crippen MR) is 119 cm³/mol. The lowest BCUT2D eigenvalue weighted by molar-refractivity contribution is -0.170. The van der Waals surface area contributed by atoms with Crippen LogP contribution in [-0.4, -0.2) is 23.9 Å². The second kappa shape index (κ2) is 7.71. The Hall–Kier alpha value is -2.11. The third kappa shape index (κ3) is 3.47. The standard InChI is InChI=1S/C27H32F3NO2/c1-25-14-12-19-17(8-11-21-26(19,2)15-13-22(32)31-21)18(25)9-10-20(25)24(33)23(27(28,29)30)16-6-4-3-5-7-16/h3-7,13,15,17-21,23H,8-12,14H2,1-2H3,(H,31,32)/t17-,18-,19-,20+,21?,23?,25-,26+/m0/s1. The number of carbonyl (C=O) groups excluding carboxylic acids is 2. The van der Waals surface area contributed by atoms with Crippen molar-refractivity contribution in [3.05, 3.63) is 48.0 Å². The molecule has 0 aromatic heterocycles. The smallest absolute Gasteiger partial charge is 0.349 e. The van der Waals surface area contributed by atoms with E-state index in [9.17, 15) is 22.8 Å². The molecule has 1 amide bonds. The zero-order chi connectivity index (χ0) is 23.6. The number of nitrogens with one attached hydrogen (secondary N) is 1. The largest absolute Gasteiger partial charge is 0.402 e. The number of Topliss-reactive ketones (excluding diaryl/α,β-unsaturated/α-hetero) is 1. The fourth-order valence-electron chi connectivity index (χ4n) is 8.16. The van der Waals surface area contributed by atoms with Gasteiger partial charge in [0.15, 0.2) is 5.78 Å². The molecule has 5 rings (SSSR count). The molecule has 0 saturated heterocycles. The predicted octanol–water partition coefficient (Wildman–Crippen LogP) is 5.82. The van der Waals surface area contributed by atoms with E-state index in [1.165, 1.54) is 12.1 Å². The summed E-state index contributed by atoms with van der Waals surface area (Å²) in [5.74, 6) is -2.30. The van der Waals surface area contributed by atoms with Crippen molar-refractivity contribution in [3.63, 3.8) is 0 Å². The molecule has 0 radical (unpaired) electrons. The molecule has 0 bridgehead atoms. The molecule has 6 heteroatoms. The minimum Gasteiger partial charge on any atom is -0.349 e. The highest BCUT2D eigenvalue weighted by Gasteiger charge is 2.62. The molecule has 1 aromatic rings. The number of hydrogen-bond donors (Lipinski definition) is 1. The molecule has 8 atom stereocenters. The molecule has 1 N–H and O–H groups in total. The van der Waals surface area contributed by atoms with Gasteiger partial charge in [-0.15, -0.1) is 0 Å². The van der Waals surface area contributed by atoms with Crippen LogP contribution in [0.15, 0.2) is 42.5 Å². The van der Waals surface area contributed by atoms with Crippen LogP contribution in [-0.2, 0) is 9.59 Å². The summed E-state index contributed by atoms with van der Waals surface area (Å²) in [4.78, 5) is 25.5. The Labute approximate surface area is 193 Å². The second-order valence-electron chi connectivity index (χ2n) is 11.2. The number of fused-ring (bicyclic) bond motifs is 5. The van der Waals surface area contributed by atoms with Crippen molar-refractivity contribution in [2.24, 2.45) is 34.5 Å². The number of benzene rings is 1. The summed E-state index contributed by atoms with van der Waals surface area (Å²) in [7, 11) is 0. The highest BCUT2D eigenvalue weighted by atomic mass is 19.4. The Morgan fingerprint density at radius 1 is 1.03 bits per heavy atom. The fourth-order valence-corrected chi connectivity index (χ4v) is 8.16. The van der Waals surface area contributed by atoms with Crippen LogP contribution in [0.3, 0.4) is 0 Å². The number of rotatable bonds is 3. The lowest BCUT2D eigenvalue weighted by atomic mass is 9.47. The number of carbonyl (C=O) groups is 2. The van der Waals surface area contributed by atoms with E-state index in [2.05, 4.69) is 25.2 Å². The summed E-state index contributed by atoms with van der Waals surface area (Å²) < 4.78 is 42.4. The van der Waals surface area contributed by atoms with Crippen molar-refractivity contribution in [2.45, 2.75) is 70.5 Å². The average molecular weight is 460 g/mol. The van der Waals surface area contributed by atoms with E-state index in [-0.39, 0.29) is 28.8 Å². The van der Waals surface area contributed by atoms with E-state index >= 15 is 0 Å². The van der Waals surface area contributed by atoms with Gasteiger partial charge in [-0.25, -0.2) is 0 Å². The molecule has 3 fully saturated rings. The lowest BCUT2D eigenvalue weighted by Crippen LogP contribution is -2.59. The van der Waals surface area contributed by atoms with Crippen molar-refractivity contribution in [1.82, 2.24) is 5.32 Å². The number of halogens is 3. The van der Waals surface area contributed by atoms with Crippen LogP contribution >= 0.6 is 0 Å². The van der Waals surface area contributed by atoms with Gasteiger partial charge in [-0.05, 0) is 73.3 Å².